The number of hydrogen-bond acceptors (Lipinski definition) is 3. The Kier molecular flexibility index (Phi) is 4.95. The Labute approximate surface area is 173 Å². The number of nitrogens with zero attached hydrogens (tertiary/aromatic N) is 2. The number of rotatable bonds is 3. The second-order valence-corrected chi connectivity index (χ2v) is 7.36. The van der Waals surface area contributed by atoms with Crippen LogP contribution in [-0.4, -0.2) is 28.9 Å². The molecular formula is C23H21FN4O2. The van der Waals surface area contributed by atoms with E-state index in [4.69, 9.17) is 0 Å². The zero-order valence-corrected chi connectivity index (χ0v) is 16.9. The molecule has 0 fully saturated rings. The Morgan fingerprint density at radius 3 is 2.57 bits per heavy atom. The maximum absolute atomic E-state index is 13.4. The summed E-state index contributed by atoms with van der Waals surface area (Å²) in [6.45, 7) is 3.83. The number of aryl methyl sites for hydroxylation is 2. The molecule has 0 bridgehead atoms. The van der Waals surface area contributed by atoms with Crippen molar-refractivity contribution < 1.29 is 14.0 Å². The molecule has 7 heteroatoms. The fraction of sp³-hybridized carbons (Fsp3) is 0.174. The summed E-state index contributed by atoms with van der Waals surface area (Å²) in [6.07, 6.45) is 1.51. The van der Waals surface area contributed by atoms with Crippen LogP contribution in [0.4, 0.5) is 14.9 Å². The number of pyridine rings is 1. The molecule has 6 nitrogen and oxygen atoms in total. The van der Waals surface area contributed by atoms with E-state index in [0.717, 1.165) is 22.2 Å². The summed E-state index contributed by atoms with van der Waals surface area (Å²) >= 11 is 0. The van der Waals surface area contributed by atoms with Crippen LogP contribution in [0.15, 0.2) is 60.3 Å². The normalized spacial score (nSPS) is 16.3. The van der Waals surface area contributed by atoms with Gasteiger partial charge >= 0.3 is 6.03 Å². The van der Waals surface area contributed by atoms with Crippen molar-refractivity contribution in [1.82, 2.24) is 15.2 Å². The van der Waals surface area contributed by atoms with Crippen LogP contribution in [0.1, 0.15) is 22.9 Å². The summed E-state index contributed by atoms with van der Waals surface area (Å²) < 4.78 is 13.4. The summed E-state index contributed by atoms with van der Waals surface area (Å²) in [6, 6.07) is 12.3. The summed E-state index contributed by atoms with van der Waals surface area (Å²) in [5.74, 6) is -0.741. The highest BCUT2D eigenvalue weighted by molar-refractivity contribution is 6.10. The molecule has 1 aliphatic heterocycles. The van der Waals surface area contributed by atoms with E-state index in [1.54, 1.807) is 19.2 Å². The minimum atomic E-state index is -0.690. The van der Waals surface area contributed by atoms with Crippen LogP contribution in [0.2, 0.25) is 0 Å². The molecule has 30 heavy (non-hydrogen) atoms. The third-order valence-electron chi connectivity index (χ3n) is 5.15. The molecule has 1 aliphatic rings. The van der Waals surface area contributed by atoms with E-state index in [0.29, 0.717) is 16.8 Å². The average Bonchev–Trinajstić information content (AvgIpc) is 2.72. The maximum atomic E-state index is 13.4. The molecule has 4 rings (SSSR count). The minimum Gasteiger partial charge on any atom is -0.327 e. The summed E-state index contributed by atoms with van der Waals surface area (Å²) in [7, 11) is 1.57. The molecule has 3 aromatic rings. The molecule has 1 atom stereocenters. The van der Waals surface area contributed by atoms with Crippen molar-refractivity contribution in [1.29, 1.82) is 0 Å². The molecule has 3 amide bonds. The lowest BCUT2D eigenvalue weighted by molar-refractivity contribution is -0.113. The molecule has 1 aromatic heterocycles. The van der Waals surface area contributed by atoms with E-state index in [1.165, 1.54) is 23.2 Å². The lowest BCUT2D eigenvalue weighted by atomic mass is 9.96. The Morgan fingerprint density at radius 2 is 1.83 bits per heavy atom. The molecule has 2 heterocycles. The predicted molar refractivity (Wildman–Crippen MR) is 113 cm³/mol. The Balaban J connectivity index is 1.73. The van der Waals surface area contributed by atoms with Gasteiger partial charge in [0.1, 0.15) is 5.82 Å². The number of aromatic nitrogens is 1. The van der Waals surface area contributed by atoms with Crippen molar-refractivity contribution in [2.45, 2.75) is 19.9 Å². The van der Waals surface area contributed by atoms with Gasteiger partial charge in [0.2, 0.25) is 0 Å². The number of urea groups is 1. The van der Waals surface area contributed by atoms with Crippen molar-refractivity contribution in [3.63, 3.8) is 0 Å². The van der Waals surface area contributed by atoms with Gasteiger partial charge in [-0.1, -0.05) is 18.2 Å². The van der Waals surface area contributed by atoms with E-state index >= 15 is 0 Å². The van der Waals surface area contributed by atoms with Gasteiger partial charge in [-0.05, 0) is 55.3 Å². The van der Waals surface area contributed by atoms with Gasteiger partial charge in [0.25, 0.3) is 5.91 Å². The highest BCUT2D eigenvalue weighted by Crippen LogP contribution is 2.30. The number of amides is 3. The average molecular weight is 404 g/mol. The molecule has 0 spiro atoms. The second-order valence-electron chi connectivity index (χ2n) is 7.36. The fourth-order valence-electron chi connectivity index (χ4n) is 3.52. The van der Waals surface area contributed by atoms with Crippen molar-refractivity contribution in [3.05, 3.63) is 82.9 Å². The van der Waals surface area contributed by atoms with Crippen molar-refractivity contribution in [2.24, 2.45) is 0 Å². The number of carbonyl (C=O) groups is 2. The van der Waals surface area contributed by atoms with Crippen molar-refractivity contribution in [2.75, 3.05) is 12.4 Å². The summed E-state index contributed by atoms with van der Waals surface area (Å²) in [4.78, 5) is 31.3. The Bertz CT molecular complexity index is 1190. The molecule has 0 radical (unpaired) electrons. The number of benzene rings is 2. The first-order chi connectivity index (χ1) is 14.3. The number of carbonyl (C=O) groups excluding carboxylic acids is 2. The lowest BCUT2D eigenvalue weighted by Gasteiger charge is -2.30. The topological polar surface area (TPSA) is 74.3 Å². The molecular weight excluding hydrogens is 383 g/mol. The van der Waals surface area contributed by atoms with Gasteiger partial charge in [0, 0.05) is 24.3 Å². The third-order valence-corrected chi connectivity index (χ3v) is 5.15. The highest BCUT2D eigenvalue weighted by Gasteiger charge is 2.31. The lowest BCUT2D eigenvalue weighted by Crippen LogP contribution is -2.44. The first-order valence-corrected chi connectivity index (χ1v) is 9.52. The molecule has 2 N–H and O–H groups in total. The number of halogens is 1. The maximum Gasteiger partial charge on any atom is 0.321 e. The van der Waals surface area contributed by atoms with E-state index in [1.807, 2.05) is 38.1 Å². The molecule has 152 valence electrons. The van der Waals surface area contributed by atoms with Gasteiger partial charge in [-0.25, -0.2) is 9.18 Å². The molecule has 0 aliphatic carbocycles. The third kappa shape index (κ3) is 3.61. The second kappa shape index (κ2) is 7.59. The summed E-state index contributed by atoms with van der Waals surface area (Å²) in [5.41, 5.74) is 4.21. The fourth-order valence-corrected chi connectivity index (χ4v) is 3.52. The quantitative estimate of drug-likeness (QED) is 0.687. The van der Waals surface area contributed by atoms with Crippen LogP contribution in [0.25, 0.3) is 10.9 Å². The zero-order valence-electron chi connectivity index (χ0n) is 16.9. The van der Waals surface area contributed by atoms with E-state index in [-0.39, 0.29) is 17.8 Å². The van der Waals surface area contributed by atoms with Gasteiger partial charge in [-0.15, -0.1) is 0 Å². The van der Waals surface area contributed by atoms with Crippen LogP contribution >= 0.6 is 0 Å². The molecule has 2 aromatic carbocycles. The number of nitrogens with one attached hydrogen (secondary N) is 2. The van der Waals surface area contributed by atoms with Gasteiger partial charge in [-0.3, -0.25) is 9.78 Å². The van der Waals surface area contributed by atoms with E-state index in [9.17, 15) is 14.0 Å². The number of anilines is 1. The van der Waals surface area contributed by atoms with Gasteiger partial charge in [-0.2, -0.15) is 0 Å². The number of hydrogen-bond donors (Lipinski definition) is 2. The van der Waals surface area contributed by atoms with Crippen LogP contribution in [-0.2, 0) is 4.79 Å². The number of fused-ring (bicyclic) bond motifs is 1. The Hall–Kier alpha value is -3.74. The molecule has 0 saturated heterocycles. The van der Waals surface area contributed by atoms with Gasteiger partial charge in [0.15, 0.2) is 0 Å². The van der Waals surface area contributed by atoms with Crippen LogP contribution < -0.4 is 10.6 Å². The standard InChI is InChI=1S/C23H21FN4O2/c1-13-4-11-19-17(10-5-14(2)25-19)20(13)26-22(29)18-12-28(3)23(30)27-21(18)15-6-8-16(24)9-7-15/h4-12,21H,1-3H3,(H,26,29)(H,27,30)/t21-/m0/s1. The van der Waals surface area contributed by atoms with Gasteiger partial charge < -0.3 is 15.5 Å². The first-order valence-electron chi connectivity index (χ1n) is 9.52. The minimum absolute atomic E-state index is 0.345. The van der Waals surface area contributed by atoms with E-state index < -0.39 is 6.04 Å². The largest absolute Gasteiger partial charge is 0.327 e. The molecule has 0 unspecified atom stereocenters. The predicted octanol–water partition coefficient (Wildman–Crippen LogP) is 4.21. The van der Waals surface area contributed by atoms with Gasteiger partial charge in [0.05, 0.1) is 22.8 Å². The SMILES string of the molecule is Cc1ccc2c(NC(=O)C3=CN(C)C(=O)N[C@H]3c3ccc(F)cc3)c(C)ccc2n1. The summed E-state index contributed by atoms with van der Waals surface area (Å²) in [5, 5.41) is 6.62. The zero-order chi connectivity index (χ0) is 21.4. The smallest absolute Gasteiger partial charge is 0.321 e. The van der Waals surface area contributed by atoms with Crippen LogP contribution in [0, 0.1) is 19.7 Å². The van der Waals surface area contributed by atoms with Crippen molar-refractivity contribution >= 4 is 28.5 Å². The van der Waals surface area contributed by atoms with E-state index in [2.05, 4.69) is 15.6 Å². The Morgan fingerprint density at radius 1 is 1.10 bits per heavy atom. The molecule has 0 saturated carbocycles. The van der Waals surface area contributed by atoms with Crippen LogP contribution in [0.5, 0.6) is 0 Å². The highest BCUT2D eigenvalue weighted by atomic mass is 19.1. The van der Waals surface area contributed by atoms with Crippen LogP contribution in [0.3, 0.4) is 0 Å². The van der Waals surface area contributed by atoms with Crippen molar-refractivity contribution in [3.8, 4) is 0 Å². The first kappa shape index (κ1) is 19.6. The monoisotopic (exact) mass is 404 g/mol.